The van der Waals surface area contributed by atoms with Crippen molar-refractivity contribution in [1.82, 2.24) is 4.90 Å². The number of amides is 1. The molecule has 1 unspecified atom stereocenters. The number of piperidine rings is 2. The standard InChI is InChI=1S/C18H25ClN2O/c19-17-9-3-2-7-15(17)13-20-10-6-8-16(14-20)18(22)21-11-4-1-5-12-21/h2-3,7,9,16H,1,4-6,8,10-14H2/p+1/t16-/m0/s1. The van der Waals surface area contributed by atoms with Gasteiger partial charge in [-0.25, -0.2) is 0 Å². The van der Waals surface area contributed by atoms with E-state index in [1.165, 1.54) is 29.7 Å². The van der Waals surface area contributed by atoms with Crippen molar-refractivity contribution in [3.8, 4) is 0 Å². The number of carbonyl (C=O) groups is 1. The summed E-state index contributed by atoms with van der Waals surface area (Å²) in [5, 5.41) is 0.847. The minimum absolute atomic E-state index is 0.212. The zero-order chi connectivity index (χ0) is 15.4. The average Bonchev–Trinajstić information content (AvgIpc) is 2.57. The molecule has 0 saturated carbocycles. The minimum Gasteiger partial charge on any atom is -0.342 e. The third-order valence-electron chi connectivity index (χ3n) is 5.03. The van der Waals surface area contributed by atoms with Gasteiger partial charge < -0.3 is 9.80 Å². The number of nitrogens with one attached hydrogen (secondary N) is 1. The van der Waals surface area contributed by atoms with Crippen molar-refractivity contribution in [2.75, 3.05) is 26.2 Å². The highest BCUT2D eigenvalue weighted by Crippen LogP contribution is 2.17. The van der Waals surface area contributed by atoms with Crippen LogP contribution >= 0.6 is 11.6 Å². The summed E-state index contributed by atoms with van der Waals surface area (Å²) in [6, 6.07) is 8.07. The number of quaternary nitrogens is 1. The van der Waals surface area contributed by atoms with Crippen LogP contribution < -0.4 is 4.90 Å². The highest BCUT2D eigenvalue weighted by molar-refractivity contribution is 6.31. The molecule has 3 nitrogen and oxygen atoms in total. The molecular weight excluding hydrogens is 296 g/mol. The molecule has 1 amide bonds. The van der Waals surface area contributed by atoms with Crippen LogP contribution in [0.1, 0.15) is 37.7 Å². The number of carbonyl (C=O) groups excluding carboxylic acids is 1. The Labute approximate surface area is 138 Å². The van der Waals surface area contributed by atoms with Crippen molar-refractivity contribution in [2.45, 2.75) is 38.6 Å². The monoisotopic (exact) mass is 321 g/mol. The van der Waals surface area contributed by atoms with E-state index in [0.29, 0.717) is 5.91 Å². The summed E-state index contributed by atoms with van der Waals surface area (Å²) >= 11 is 6.28. The summed E-state index contributed by atoms with van der Waals surface area (Å²) < 4.78 is 0. The molecule has 0 aromatic heterocycles. The van der Waals surface area contributed by atoms with Crippen molar-refractivity contribution in [3.63, 3.8) is 0 Å². The van der Waals surface area contributed by atoms with E-state index in [1.807, 2.05) is 18.2 Å². The summed E-state index contributed by atoms with van der Waals surface area (Å²) in [5.74, 6) is 0.611. The van der Waals surface area contributed by atoms with Crippen LogP contribution in [0.2, 0.25) is 5.02 Å². The predicted octanol–water partition coefficient (Wildman–Crippen LogP) is 2.15. The van der Waals surface area contributed by atoms with Crippen molar-refractivity contribution in [3.05, 3.63) is 34.9 Å². The third-order valence-corrected chi connectivity index (χ3v) is 5.40. The Morgan fingerprint density at radius 2 is 1.95 bits per heavy atom. The maximum absolute atomic E-state index is 12.7. The fraction of sp³-hybridized carbons (Fsp3) is 0.611. The molecular formula is C18H26ClN2O+. The summed E-state index contributed by atoms with van der Waals surface area (Å²) in [6.07, 6.45) is 5.83. The number of benzene rings is 1. The zero-order valence-corrected chi connectivity index (χ0v) is 13.9. The quantitative estimate of drug-likeness (QED) is 0.906. The number of nitrogens with zero attached hydrogens (tertiary/aromatic N) is 1. The highest BCUT2D eigenvalue weighted by Gasteiger charge is 2.32. The van der Waals surface area contributed by atoms with Crippen LogP contribution in [0, 0.1) is 5.92 Å². The van der Waals surface area contributed by atoms with Crippen LogP contribution in [-0.4, -0.2) is 37.0 Å². The number of halogens is 1. The molecule has 1 aromatic carbocycles. The molecule has 0 bridgehead atoms. The second-order valence-corrected chi connectivity index (χ2v) is 7.10. The van der Waals surface area contributed by atoms with E-state index < -0.39 is 0 Å². The van der Waals surface area contributed by atoms with Gasteiger partial charge in [-0.3, -0.25) is 4.79 Å². The van der Waals surface area contributed by atoms with Gasteiger partial charge in [0.2, 0.25) is 5.91 Å². The Hall–Kier alpha value is -1.06. The van der Waals surface area contributed by atoms with Gasteiger partial charge >= 0.3 is 0 Å². The molecule has 2 aliphatic heterocycles. The largest absolute Gasteiger partial charge is 0.342 e. The van der Waals surface area contributed by atoms with Crippen LogP contribution in [0.25, 0.3) is 0 Å². The molecule has 0 radical (unpaired) electrons. The molecule has 0 aliphatic carbocycles. The van der Waals surface area contributed by atoms with Crippen molar-refractivity contribution in [2.24, 2.45) is 5.92 Å². The summed E-state index contributed by atoms with van der Waals surface area (Å²) in [7, 11) is 0. The van der Waals surface area contributed by atoms with Gasteiger partial charge in [0.1, 0.15) is 6.54 Å². The van der Waals surface area contributed by atoms with Crippen molar-refractivity contribution < 1.29 is 9.69 Å². The average molecular weight is 322 g/mol. The molecule has 4 heteroatoms. The van der Waals surface area contributed by atoms with Crippen LogP contribution in [0.5, 0.6) is 0 Å². The second kappa shape index (κ2) is 7.47. The molecule has 22 heavy (non-hydrogen) atoms. The fourth-order valence-corrected chi connectivity index (χ4v) is 4.01. The first-order valence-corrected chi connectivity index (χ1v) is 8.97. The normalized spacial score (nSPS) is 26.0. The van der Waals surface area contributed by atoms with E-state index in [1.54, 1.807) is 0 Å². The molecule has 0 spiro atoms. The molecule has 2 heterocycles. The van der Waals surface area contributed by atoms with Crippen molar-refractivity contribution in [1.29, 1.82) is 0 Å². The lowest BCUT2D eigenvalue weighted by atomic mass is 9.95. The SMILES string of the molecule is O=C([C@H]1CCC[NH+](Cc2ccccc2Cl)C1)N1CCCCC1. The van der Waals surface area contributed by atoms with Crippen LogP contribution in [0.4, 0.5) is 0 Å². The van der Waals surface area contributed by atoms with E-state index in [2.05, 4.69) is 11.0 Å². The van der Waals surface area contributed by atoms with Crippen molar-refractivity contribution >= 4 is 17.5 Å². The molecule has 120 valence electrons. The zero-order valence-electron chi connectivity index (χ0n) is 13.2. The Bertz CT molecular complexity index is 514. The first-order valence-electron chi connectivity index (χ1n) is 8.60. The first kappa shape index (κ1) is 15.8. The summed E-state index contributed by atoms with van der Waals surface area (Å²) in [6.45, 7) is 4.98. The van der Waals surface area contributed by atoms with E-state index in [9.17, 15) is 4.79 Å². The molecule has 1 aromatic rings. The number of hydrogen-bond acceptors (Lipinski definition) is 1. The van der Waals surface area contributed by atoms with Gasteiger partial charge in [0.05, 0.1) is 19.0 Å². The molecule has 2 atom stereocenters. The third kappa shape index (κ3) is 3.82. The Morgan fingerprint density at radius 3 is 2.73 bits per heavy atom. The van der Waals surface area contributed by atoms with Gasteiger partial charge in [-0.05, 0) is 38.2 Å². The predicted molar refractivity (Wildman–Crippen MR) is 89.0 cm³/mol. The summed E-state index contributed by atoms with van der Waals surface area (Å²) in [5.41, 5.74) is 1.20. The molecule has 2 saturated heterocycles. The lowest BCUT2D eigenvalue weighted by Gasteiger charge is -2.34. The van der Waals surface area contributed by atoms with Gasteiger partial charge in [-0.15, -0.1) is 0 Å². The van der Waals surface area contributed by atoms with Gasteiger partial charge in [0, 0.05) is 23.7 Å². The molecule has 3 rings (SSSR count). The first-order chi connectivity index (χ1) is 10.7. The Morgan fingerprint density at radius 1 is 1.18 bits per heavy atom. The maximum Gasteiger partial charge on any atom is 0.231 e. The Kier molecular flexibility index (Phi) is 5.37. The molecule has 2 fully saturated rings. The number of likely N-dealkylation sites (tertiary alicyclic amines) is 2. The molecule has 2 aliphatic rings. The van der Waals surface area contributed by atoms with E-state index >= 15 is 0 Å². The fourth-order valence-electron chi connectivity index (χ4n) is 3.81. The van der Waals surface area contributed by atoms with Crippen LogP contribution in [0.15, 0.2) is 24.3 Å². The lowest BCUT2D eigenvalue weighted by molar-refractivity contribution is -0.921. The maximum atomic E-state index is 12.7. The smallest absolute Gasteiger partial charge is 0.231 e. The lowest BCUT2D eigenvalue weighted by Crippen LogP contribution is -3.12. The minimum atomic E-state index is 0.212. The number of hydrogen-bond donors (Lipinski definition) is 1. The van der Waals surface area contributed by atoms with E-state index in [4.69, 9.17) is 11.6 Å². The van der Waals surface area contributed by atoms with E-state index in [-0.39, 0.29) is 5.92 Å². The van der Waals surface area contributed by atoms with Crippen LogP contribution in [-0.2, 0) is 11.3 Å². The summed E-state index contributed by atoms with van der Waals surface area (Å²) in [4.78, 5) is 16.3. The highest BCUT2D eigenvalue weighted by atomic mass is 35.5. The van der Waals surface area contributed by atoms with Gasteiger partial charge in [0.15, 0.2) is 0 Å². The van der Waals surface area contributed by atoms with Gasteiger partial charge in [-0.1, -0.05) is 29.8 Å². The molecule has 1 N–H and O–H groups in total. The Balaban J connectivity index is 1.59. The number of rotatable bonds is 3. The van der Waals surface area contributed by atoms with Gasteiger partial charge in [-0.2, -0.15) is 0 Å². The topological polar surface area (TPSA) is 24.8 Å². The van der Waals surface area contributed by atoms with Gasteiger partial charge in [0.25, 0.3) is 0 Å². The van der Waals surface area contributed by atoms with E-state index in [0.717, 1.165) is 50.6 Å². The second-order valence-electron chi connectivity index (χ2n) is 6.70. The van der Waals surface area contributed by atoms with Crippen LogP contribution in [0.3, 0.4) is 0 Å².